The Morgan fingerprint density at radius 1 is 0.548 bits per heavy atom. The summed E-state index contributed by atoms with van der Waals surface area (Å²) in [5.41, 5.74) is 5.20. The van der Waals surface area contributed by atoms with Crippen LogP contribution in [0.3, 0.4) is 0 Å². The van der Waals surface area contributed by atoms with Crippen LogP contribution >= 0.6 is 15.9 Å². The van der Waals surface area contributed by atoms with Gasteiger partial charge in [-0.1, -0.05) is 0 Å². The molecule has 5 saturated heterocycles. The van der Waals surface area contributed by atoms with E-state index in [1.54, 1.807) is 22.2 Å². The van der Waals surface area contributed by atoms with Crippen molar-refractivity contribution in [2.45, 2.75) is 131 Å². The highest BCUT2D eigenvalue weighted by molar-refractivity contribution is 9.10. The molecule has 0 radical (unpaired) electrons. The standard InChI is InChI=1S/C27H38N8O2.C22H33BN4O4.C11H17BrN4/c1-20(2)31-8-12-33(13-9-31)25-18-28-22(17-29-25)21-16-24-23(6-7-30-35(24)19-21)32-10-14-34(15-11-32)26(36)37-27(3,4)5;1-20(2,3)29-19(28)26-12-10-25(11-13-26)17-8-9-24-27-15-16(14-18(17)27)23-30-21(4,5)22(6,7)31-23;1-9(2)15-3-5-16(6-4-15)11-8-13-10(12)7-14-11/h6-7,16-20H,8-15H2,1-5H3;8-9,14-15H,10-13H2,1-7H3;7-9H,3-6H2,1-2H3. The summed E-state index contributed by atoms with van der Waals surface area (Å²) >= 11 is 3.30. The number of rotatable bonds is 8. The fourth-order valence-electron chi connectivity index (χ4n) is 10.8. The SMILES string of the molecule is CC(C)(C)OC(=O)N1CCN(c2ccnn3cc(B4OC(C)(C)C(C)(C)O4)cc23)CC1.CC(C)N1CCN(c2cnc(-c3cc4c(N5CCN(C(=O)OC(C)(C)C)CC5)ccnn4c3)cn2)CC1.CC(C)N1CCN(c2cnc(Br)cn2)CC1. The van der Waals surface area contributed by atoms with E-state index in [9.17, 15) is 9.59 Å². The molecular weight excluding hydrogens is 1130 g/mol. The van der Waals surface area contributed by atoms with E-state index in [0.717, 1.165) is 134 Å². The van der Waals surface area contributed by atoms with Crippen molar-refractivity contribution in [3.63, 3.8) is 0 Å². The molecule has 0 spiro atoms. The van der Waals surface area contributed by atoms with Crippen LogP contribution in [-0.2, 0) is 18.8 Å². The average Bonchev–Trinajstić information content (AvgIpc) is 1.86. The third kappa shape index (κ3) is 15.2. The number of fused-ring (bicyclic) bond motifs is 2. The number of anilines is 4. The minimum Gasteiger partial charge on any atom is -0.444 e. The van der Waals surface area contributed by atoms with Gasteiger partial charge in [0, 0.05) is 153 Å². The molecule has 11 heterocycles. The summed E-state index contributed by atoms with van der Waals surface area (Å²) in [7, 11) is -0.427. The number of hydrogen-bond acceptors (Lipinski definition) is 18. The lowest BCUT2D eigenvalue weighted by molar-refractivity contribution is 0.00578. The van der Waals surface area contributed by atoms with Crippen molar-refractivity contribution >= 4 is 74.7 Å². The number of ether oxygens (including phenoxy) is 2. The summed E-state index contributed by atoms with van der Waals surface area (Å²) in [5, 5.41) is 9.00. The van der Waals surface area contributed by atoms with E-state index in [1.807, 2.05) is 99.9 Å². The van der Waals surface area contributed by atoms with Gasteiger partial charge in [-0.3, -0.25) is 14.8 Å². The molecule has 6 aromatic heterocycles. The lowest BCUT2D eigenvalue weighted by Crippen LogP contribution is -2.50. The molecule has 5 aliphatic heterocycles. The van der Waals surface area contributed by atoms with Gasteiger partial charge in [0.1, 0.15) is 27.4 Å². The summed E-state index contributed by atoms with van der Waals surface area (Å²) in [5.74, 6) is 1.91. The summed E-state index contributed by atoms with van der Waals surface area (Å²) in [6.45, 7) is 42.3. The van der Waals surface area contributed by atoms with Crippen molar-refractivity contribution in [2.75, 3.05) is 124 Å². The molecule has 5 fully saturated rings. The summed E-state index contributed by atoms with van der Waals surface area (Å²) in [6, 6.07) is 9.48. The number of carbonyl (C=O) groups excluding carboxylic acids is 2. The Morgan fingerprint density at radius 2 is 0.964 bits per heavy atom. The van der Waals surface area contributed by atoms with E-state index >= 15 is 0 Å². The zero-order valence-corrected chi connectivity index (χ0v) is 53.5. The van der Waals surface area contributed by atoms with Crippen molar-refractivity contribution in [3.8, 4) is 11.3 Å². The molecule has 0 aromatic carbocycles. The van der Waals surface area contributed by atoms with Crippen LogP contribution in [0.15, 0.2) is 78.4 Å². The largest absolute Gasteiger partial charge is 0.496 e. The fraction of sp³-hybridized carbons (Fsp3) is 0.600. The van der Waals surface area contributed by atoms with Crippen molar-refractivity contribution in [3.05, 3.63) is 78.4 Å². The van der Waals surface area contributed by atoms with Crippen LogP contribution in [0.25, 0.3) is 22.3 Å². The Kier molecular flexibility index (Phi) is 19.0. The Morgan fingerprint density at radius 3 is 1.37 bits per heavy atom. The van der Waals surface area contributed by atoms with Gasteiger partial charge in [-0.25, -0.2) is 33.6 Å². The van der Waals surface area contributed by atoms with Crippen LogP contribution in [0.4, 0.5) is 32.6 Å². The van der Waals surface area contributed by atoms with E-state index < -0.39 is 18.3 Å². The quantitative estimate of drug-likeness (QED) is 0.134. The third-order valence-electron chi connectivity index (χ3n) is 16.3. The second kappa shape index (κ2) is 25.7. The molecule has 0 atom stereocenters. The maximum absolute atomic E-state index is 12.4. The van der Waals surface area contributed by atoms with Gasteiger partial charge in [0.25, 0.3) is 0 Å². The van der Waals surface area contributed by atoms with Crippen LogP contribution in [0.2, 0.25) is 0 Å². The van der Waals surface area contributed by atoms with Crippen LogP contribution in [-0.4, -0.2) is 217 Å². The molecule has 2 amide bonds. The van der Waals surface area contributed by atoms with Crippen LogP contribution < -0.4 is 25.1 Å². The molecule has 5 aliphatic rings. The van der Waals surface area contributed by atoms with Crippen LogP contribution in [0, 0.1) is 0 Å². The Hall–Kier alpha value is -6.34. The first-order chi connectivity index (χ1) is 39.7. The predicted molar refractivity (Wildman–Crippen MR) is 335 cm³/mol. The monoisotopic (exact) mass is 1220 g/mol. The average molecular weight is 1220 g/mol. The molecule has 0 saturated carbocycles. The molecular formula is C60H88BBrN16O6. The van der Waals surface area contributed by atoms with E-state index in [0.29, 0.717) is 38.3 Å². The maximum atomic E-state index is 12.4. The molecule has 0 N–H and O–H groups in total. The maximum Gasteiger partial charge on any atom is 0.496 e. The molecule has 84 heavy (non-hydrogen) atoms. The minimum atomic E-state index is -0.488. The molecule has 0 bridgehead atoms. The lowest BCUT2D eigenvalue weighted by atomic mass is 9.81. The van der Waals surface area contributed by atoms with Gasteiger partial charge < -0.3 is 48.2 Å². The number of carbonyl (C=O) groups is 2. The number of halogens is 1. The normalized spacial score (nSPS) is 19.0. The van der Waals surface area contributed by atoms with Gasteiger partial charge in [0.05, 0.1) is 64.1 Å². The Bertz CT molecular complexity index is 3130. The highest BCUT2D eigenvalue weighted by atomic mass is 79.9. The molecule has 454 valence electrons. The van der Waals surface area contributed by atoms with E-state index in [1.165, 1.54) is 0 Å². The van der Waals surface area contributed by atoms with Gasteiger partial charge >= 0.3 is 19.3 Å². The molecule has 0 unspecified atom stereocenters. The minimum absolute atomic E-state index is 0.249. The number of piperazine rings is 4. The fourth-order valence-corrected chi connectivity index (χ4v) is 11.0. The smallest absolute Gasteiger partial charge is 0.444 e. The second-order valence-electron chi connectivity index (χ2n) is 25.8. The van der Waals surface area contributed by atoms with Crippen LogP contribution in [0.5, 0.6) is 0 Å². The number of aromatic nitrogens is 8. The van der Waals surface area contributed by atoms with E-state index in [-0.39, 0.29) is 23.4 Å². The zero-order valence-electron chi connectivity index (χ0n) is 52.0. The first kappa shape index (κ1) is 62.2. The van der Waals surface area contributed by atoms with E-state index in [4.69, 9.17) is 28.8 Å². The highest BCUT2D eigenvalue weighted by Crippen LogP contribution is 2.37. The zero-order chi connectivity index (χ0) is 60.3. The Balaban J connectivity index is 0.000000162. The predicted octanol–water partition coefficient (Wildman–Crippen LogP) is 7.84. The molecule has 11 rings (SSSR count). The van der Waals surface area contributed by atoms with E-state index in [2.05, 4.69) is 133 Å². The number of hydrogen-bond donors (Lipinski definition) is 0. The molecule has 6 aromatic rings. The van der Waals surface area contributed by atoms with Gasteiger partial charge in [-0.2, -0.15) is 10.2 Å². The lowest BCUT2D eigenvalue weighted by Gasteiger charge is -2.37. The van der Waals surface area contributed by atoms with Gasteiger partial charge in [-0.15, -0.1) is 0 Å². The van der Waals surface area contributed by atoms with Crippen molar-refractivity contribution in [2.24, 2.45) is 0 Å². The van der Waals surface area contributed by atoms with Crippen molar-refractivity contribution < 1.29 is 28.4 Å². The highest BCUT2D eigenvalue weighted by Gasteiger charge is 2.52. The molecule has 24 heteroatoms. The van der Waals surface area contributed by atoms with Crippen molar-refractivity contribution in [1.82, 2.24) is 58.8 Å². The molecule has 0 aliphatic carbocycles. The first-order valence-electron chi connectivity index (χ1n) is 29.7. The van der Waals surface area contributed by atoms with Crippen LogP contribution in [0.1, 0.15) is 96.9 Å². The Labute approximate surface area is 505 Å². The van der Waals surface area contributed by atoms with Gasteiger partial charge in [0.15, 0.2) is 0 Å². The number of amides is 2. The van der Waals surface area contributed by atoms with Crippen molar-refractivity contribution in [1.29, 1.82) is 0 Å². The first-order valence-corrected chi connectivity index (χ1v) is 30.5. The van der Waals surface area contributed by atoms with Gasteiger partial charge in [-0.05, 0) is 137 Å². The summed E-state index contributed by atoms with van der Waals surface area (Å²) in [4.78, 5) is 60.6. The second-order valence-corrected chi connectivity index (χ2v) is 26.6. The third-order valence-corrected chi connectivity index (χ3v) is 16.8. The summed E-state index contributed by atoms with van der Waals surface area (Å²) in [6.07, 6.45) is 14.4. The van der Waals surface area contributed by atoms with Gasteiger partial charge in [0.2, 0.25) is 0 Å². The number of nitrogens with zero attached hydrogens (tertiary/aromatic N) is 16. The molecule has 22 nitrogen and oxygen atoms in total. The topological polar surface area (TPSA) is 183 Å². The summed E-state index contributed by atoms with van der Waals surface area (Å²) < 4.78 is 28.0.